The van der Waals surface area contributed by atoms with Crippen LogP contribution in [0.25, 0.3) is 6.08 Å². The van der Waals surface area contributed by atoms with E-state index in [0.29, 0.717) is 17.0 Å². The zero-order valence-corrected chi connectivity index (χ0v) is 16.7. The van der Waals surface area contributed by atoms with Crippen molar-refractivity contribution < 1.29 is 19.1 Å². The van der Waals surface area contributed by atoms with Crippen LogP contribution in [0.1, 0.15) is 5.56 Å². The predicted octanol–water partition coefficient (Wildman–Crippen LogP) is 2.30. The predicted molar refractivity (Wildman–Crippen MR) is 113 cm³/mol. The van der Waals surface area contributed by atoms with E-state index in [1.807, 2.05) is 18.2 Å². The molecule has 0 unspecified atom stereocenters. The van der Waals surface area contributed by atoms with Gasteiger partial charge >= 0.3 is 0 Å². The first-order valence-corrected chi connectivity index (χ1v) is 9.17. The molecule has 0 atom stereocenters. The summed E-state index contributed by atoms with van der Waals surface area (Å²) in [6.45, 7) is -0.140. The SMILES string of the molecule is CN1C(=O)C(=Cc2ccc(OCC(=O)Nc3ccccc3)cc2)C(=O)N(C)C1=S. The summed E-state index contributed by atoms with van der Waals surface area (Å²) in [7, 11) is 3.05. The fraction of sp³-hybridized carbons (Fsp3) is 0.143. The highest BCUT2D eigenvalue weighted by molar-refractivity contribution is 7.80. The van der Waals surface area contributed by atoms with Gasteiger partial charge < -0.3 is 10.1 Å². The Morgan fingerprint density at radius 2 is 1.59 bits per heavy atom. The first-order valence-electron chi connectivity index (χ1n) is 8.76. The molecule has 2 aromatic rings. The normalized spacial score (nSPS) is 14.1. The minimum absolute atomic E-state index is 0.0273. The lowest BCUT2D eigenvalue weighted by atomic mass is 10.1. The van der Waals surface area contributed by atoms with E-state index in [2.05, 4.69) is 5.32 Å². The first-order chi connectivity index (χ1) is 13.9. The van der Waals surface area contributed by atoms with Crippen LogP contribution in [0.3, 0.4) is 0 Å². The van der Waals surface area contributed by atoms with Crippen LogP contribution < -0.4 is 10.1 Å². The maximum absolute atomic E-state index is 12.3. The molecule has 2 aromatic carbocycles. The second kappa shape index (κ2) is 8.66. The van der Waals surface area contributed by atoms with Gasteiger partial charge in [0.25, 0.3) is 17.7 Å². The molecule has 0 bridgehead atoms. The minimum Gasteiger partial charge on any atom is -0.484 e. The smallest absolute Gasteiger partial charge is 0.265 e. The fourth-order valence-corrected chi connectivity index (χ4v) is 2.84. The quantitative estimate of drug-likeness (QED) is 0.466. The molecular formula is C21H19N3O4S. The van der Waals surface area contributed by atoms with Gasteiger partial charge in [-0.3, -0.25) is 24.2 Å². The van der Waals surface area contributed by atoms with Crippen molar-refractivity contribution in [3.63, 3.8) is 0 Å². The van der Waals surface area contributed by atoms with E-state index in [1.54, 1.807) is 36.4 Å². The molecule has 3 amide bonds. The van der Waals surface area contributed by atoms with E-state index in [1.165, 1.54) is 30.0 Å². The van der Waals surface area contributed by atoms with E-state index >= 15 is 0 Å². The van der Waals surface area contributed by atoms with Gasteiger partial charge in [0.15, 0.2) is 11.7 Å². The van der Waals surface area contributed by atoms with E-state index in [-0.39, 0.29) is 23.2 Å². The first kappa shape index (κ1) is 20.2. The Balaban J connectivity index is 1.63. The molecule has 1 saturated heterocycles. The van der Waals surface area contributed by atoms with Gasteiger partial charge in [0.1, 0.15) is 11.3 Å². The summed E-state index contributed by atoms with van der Waals surface area (Å²) >= 11 is 5.06. The Bertz CT molecular complexity index is 961. The molecule has 29 heavy (non-hydrogen) atoms. The summed E-state index contributed by atoms with van der Waals surface area (Å²) < 4.78 is 5.48. The molecule has 7 nitrogen and oxygen atoms in total. The average Bonchev–Trinajstić information content (AvgIpc) is 2.74. The summed E-state index contributed by atoms with van der Waals surface area (Å²) in [4.78, 5) is 39.1. The molecule has 0 aromatic heterocycles. The summed E-state index contributed by atoms with van der Waals surface area (Å²) in [5, 5.41) is 2.89. The van der Waals surface area contributed by atoms with Crippen molar-refractivity contribution in [2.24, 2.45) is 0 Å². The second-order valence-electron chi connectivity index (χ2n) is 6.34. The largest absolute Gasteiger partial charge is 0.484 e. The van der Waals surface area contributed by atoms with Crippen molar-refractivity contribution in [2.45, 2.75) is 0 Å². The van der Waals surface area contributed by atoms with Gasteiger partial charge in [-0.25, -0.2) is 0 Å². The van der Waals surface area contributed by atoms with Crippen molar-refractivity contribution >= 4 is 46.8 Å². The van der Waals surface area contributed by atoms with Gasteiger partial charge in [0.05, 0.1) is 0 Å². The maximum Gasteiger partial charge on any atom is 0.265 e. The summed E-state index contributed by atoms with van der Waals surface area (Å²) in [6.07, 6.45) is 1.51. The number of para-hydroxylation sites is 1. The van der Waals surface area contributed by atoms with Gasteiger partial charge in [-0.1, -0.05) is 30.3 Å². The lowest BCUT2D eigenvalue weighted by molar-refractivity contribution is -0.132. The number of thiocarbonyl (C=S) groups is 1. The van der Waals surface area contributed by atoms with E-state index < -0.39 is 11.8 Å². The van der Waals surface area contributed by atoms with Crippen LogP contribution in [-0.2, 0) is 14.4 Å². The molecule has 3 rings (SSSR count). The highest BCUT2D eigenvalue weighted by Gasteiger charge is 2.35. The van der Waals surface area contributed by atoms with Crippen LogP contribution in [-0.4, -0.2) is 53.3 Å². The third-order valence-corrected chi connectivity index (χ3v) is 4.81. The van der Waals surface area contributed by atoms with Crippen LogP contribution in [0.4, 0.5) is 5.69 Å². The summed E-state index contributed by atoms with van der Waals surface area (Å²) in [5.74, 6) is -0.679. The van der Waals surface area contributed by atoms with Crippen LogP contribution in [0.2, 0.25) is 0 Å². The van der Waals surface area contributed by atoms with Crippen LogP contribution >= 0.6 is 12.2 Å². The number of benzene rings is 2. The number of carbonyl (C=O) groups excluding carboxylic acids is 3. The van der Waals surface area contributed by atoms with Crippen molar-refractivity contribution in [1.29, 1.82) is 0 Å². The highest BCUT2D eigenvalue weighted by Crippen LogP contribution is 2.20. The molecule has 1 N–H and O–H groups in total. The Hall–Kier alpha value is -3.52. The molecule has 148 valence electrons. The third kappa shape index (κ3) is 4.67. The van der Waals surface area contributed by atoms with Crippen LogP contribution in [0.5, 0.6) is 5.75 Å². The Morgan fingerprint density at radius 1 is 1.00 bits per heavy atom. The molecule has 0 radical (unpaired) electrons. The van der Waals surface area contributed by atoms with Gasteiger partial charge in [0.2, 0.25) is 0 Å². The van der Waals surface area contributed by atoms with E-state index in [4.69, 9.17) is 17.0 Å². The highest BCUT2D eigenvalue weighted by atomic mass is 32.1. The number of nitrogens with zero attached hydrogens (tertiary/aromatic N) is 2. The number of carbonyl (C=O) groups is 3. The zero-order chi connectivity index (χ0) is 21.0. The lowest BCUT2D eigenvalue weighted by Gasteiger charge is -2.31. The zero-order valence-electron chi connectivity index (χ0n) is 15.9. The van der Waals surface area contributed by atoms with Crippen LogP contribution in [0.15, 0.2) is 60.2 Å². The van der Waals surface area contributed by atoms with Gasteiger partial charge in [-0.05, 0) is 48.1 Å². The van der Waals surface area contributed by atoms with E-state index in [0.717, 1.165) is 0 Å². The van der Waals surface area contributed by atoms with Crippen molar-refractivity contribution in [3.8, 4) is 5.75 Å². The molecule has 0 saturated carbocycles. The number of hydrogen-bond donors (Lipinski definition) is 1. The number of nitrogens with one attached hydrogen (secondary N) is 1. The molecule has 1 fully saturated rings. The Morgan fingerprint density at radius 3 is 2.17 bits per heavy atom. The number of rotatable bonds is 5. The summed E-state index contributed by atoms with van der Waals surface area (Å²) in [5.41, 5.74) is 1.37. The molecule has 1 heterocycles. The van der Waals surface area contributed by atoms with E-state index in [9.17, 15) is 14.4 Å². The van der Waals surface area contributed by atoms with Crippen molar-refractivity contribution in [2.75, 3.05) is 26.0 Å². The number of hydrogen-bond acceptors (Lipinski definition) is 5. The fourth-order valence-electron chi connectivity index (χ4n) is 2.67. The van der Waals surface area contributed by atoms with Gasteiger partial charge in [-0.15, -0.1) is 0 Å². The molecule has 1 aliphatic rings. The Labute approximate surface area is 173 Å². The summed E-state index contributed by atoms with van der Waals surface area (Å²) in [6, 6.07) is 15.8. The van der Waals surface area contributed by atoms with Gasteiger partial charge in [-0.2, -0.15) is 0 Å². The molecule has 0 spiro atoms. The number of ether oxygens (including phenoxy) is 1. The number of anilines is 1. The molecular weight excluding hydrogens is 390 g/mol. The lowest BCUT2D eigenvalue weighted by Crippen LogP contribution is -2.52. The second-order valence-corrected chi connectivity index (χ2v) is 6.71. The molecule has 1 aliphatic heterocycles. The monoisotopic (exact) mass is 409 g/mol. The standard InChI is InChI=1S/C21H19N3O4S/c1-23-19(26)17(20(27)24(2)21(23)29)12-14-8-10-16(11-9-14)28-13-18(25)22-15-6-4-3-5-7-15/h3-12H,13H2,1-2H3,(H,22,25). The number of amides is 3. The maximum atomic E-state index is 12.3. The average molecular weight is 409 g/mol. The molecule has 0 aliphatic carbocycles. The topological polar surface area (TPSA) is 79.0 Å². The van der Waals surface area contributed by atoms with Gasteiger partial charge in [0, 0.05) is 19.8 Å². The van der Waals surface area contributed by atoms with Crippen molar-refractivity contribution in [3.05, 3.63) is 65.7 Å². The molecule has 8 heteroatoms. The number of likely N-dealkylation sites (N-methyl/N-ethyl adjacent to an activating group) is 2. The Kier molecular flexibility index (Phi) is 6.04. The third-order valence-electron chi connectivity index (χ3n) is 4.26. The minimum atomic E-state index is -0.448. The van der Waals surface area contributed by atoms with Crippen molar-refractivity contribution in [1.82, 2.24) is 9.80 Å². The van der Waals surface area contributed by atoms with Crippen LogP contribution in [0, 0.1) is 0 Å².